The van der Waals surface area contributed by atoms with Gasteiger partial charge in [-0.05, 0) is 0 Å². The Hall–Kier alpha value is -0.455. The minimum Gasteiger partial charge on any atom is -0.110 e. The minimum atomic E-state index is 0.757. The highest BCUT2D eigenvalue weighted by molar-refractivity contribution is 6.53. The summed E-state index contributed by atoms with van der Waals surface area (Å²) in [6.07, 6.45) is 0. The molecule has 0 heterocycles. The predicted molar refractivity (Wildman–Crippen MR) is 36.8 cm³/mol. The van der Waals surface area contributed by atoms with Gasteiger partial charge in [-0.2, -0.15) is 0 Å². The first kappa shape index (κ1) is 3.53. The topological polar surface area (TPSA) is 0 Å². The van der Waals surface area contributed by atoms with E-state index >= 15 is 0 Å². The lowest BCUT2D eigenvalue weighted by Gasteiger charge is -1.89. The molecule has 0 rings (SSSR count). The standard InChI is InChI=1S/C6H11B/c1-5(2)7-6(3)4/h7H,1,3H2,2,4H3/i1D,3D. The van der Waals surface area contributed by atoms with Crippen LogP contribution in [0, 0.1) is 0 Å². The smallest absolute Gasteiger partial charge is 0.110 e. The maximum Gasteiger partial charge on any atom is 0.179 e. The van der Waals surface area contributed by atoms with Crippen LogP contribution < -0.4 is 0 Å². The lowest BCUT2D eigenvalue weighted by molar-refractivity contribution is 1.63. The Morgan fingerprint density at radius 1 is 1.43 bits per heavy atom. The van der Waals surface area contributed by atoms with Gasteiger partial charge in [0.25, 0.3) is 0 Å². The summed E-state index contributed by atoms with van der Waals surface area (Å²) in [6, 6.07) is 0. The summed E-state index contributed by atoms with van der Waals surface area (Å²) >= 11 is 0. The van der Waals surface area contributed by atoms with Crippen molar-refractivity contribution in [1.82, 2.24) is 0 Å². The Bertz CT molecular complexity index is 122. The zero-order valence-corrected chi connectivity index (χ0v) is 4.86. The largest absolute Gasteiger partial charge is 0.179 e. The van der Waals surface area contributed by atoms with Crippen molar-refractivity contribution in [2.75, 3.05) is 0 Å². The van der Waals surface area contributed by atoms with Gasteiger partial charge in [0.2, 0.25) is 0 Å². The van der Waals surface area contributed by atoms with Crippen LogP contribution in [0.15, 0.2) is 24.1 Å². The molecule has 7 heavy (non-hydrogen) atoms. The summed E-state index contributed by atoms with van der Waals surface area (Å²) in [6.45, 7) is 6.43. The molecule has 0 aliphatic rings. The Labute approximate surface area is 49.0 Å². The molecule has 0 aromatic rings. The second-order valence-electron chi connectivity index (χ2n) is 1.87. The van der Waals surface area contributed by atoms with Gasteiger partial charge in [0.05, 0.1) is 2.74 Å². The molecule has 0 nitrogen and oxygen atoms in total. The van der Waals surface area contributed by atoms with Crippen LogP contribution in [-0.4, -0.2) is 7.28 Å². The first-order chi connectivity index (χ1) is 4.20. The van der Waals surface area contributed by atoms with Gasteiger partial charge in [0.1, 0.15) is 0 Å². The van der Waals surface area contributed by atoms with Gasteiger partial charge in [-0.25, -0.2) is 0 Å². The molecule has 0 saturated heterocycles. The zero-order chi connectivity index (χ0) is 7.28. The molecule has 0 atom stereocenters. The predicted octanol–water partition coefficient (Wildman–Crippen LogP) is 1.49. The number of hydrogen-bond acceptors (Lipinski definition) is 0. The maximum atomic E-state index is 6.83. The van der Waals surface area contributed by atoms with E-state index in [1.54, 1.807) is 0 Å². The summed E-state index contributed by atoms with van der Waals surface area (Å²) in [5, 5.41) is 0. The van der Waals surface area contributed by atoms with Crippen LogP contribution in [0.1, 0.15) is 16.6 Å². The second kappa shape index (κ2) is 2.67. The summed E-state index contributed by atoms with van der Waals surface area (Å²) in [5.74, 6) is 0. The number of hydrogen-bond donors (Lipinski definition) is 0. The highest BCUT2D eigenvalue weighted by Gasteiger charge is 1.86. The van der Waals surface area contributed by atoms with Crippen LogP contribution in [0.3, 0.4) is 0 Å². The highest BCUT2D eigenvalue weighted by Crippen LogP contribution is 1.90. The zero-order valence-electron chi connectivity index (χ0n) is 6.86. The fraction of sp³-hybridized carbons (Fsp3) is 0.333. The van der Waals surface area contributed by atoms with E-state index in [-0.39, 0.29) is 0 Å². The first-order valence-corrected chi connectivity index (χ1v) is 2.28. The van der Waals surface area contributed by atoms with E-state index in [1.807, 2.05) is 13.8 Å². The molecule has 0 fully saturated rings. The van der Waals surface area contributed by atoms with Crippen LogP contribution in [0.4, 0.5) is 0 Å². The molecule has 0 aromatic carbocycles. The van der Waals surface area contributed by atoms with Crippen molar-refractivity contribution in [3.05, 3.63) is 24.1 Å². The van der Waals surface area contributed by atoms with Crippen molar-refractivity contribution in [2.45, 2.75) is 13.8 Å². The summed E-state index contributed by atoms with van der Waals surface area (Å²) in [5.41, 5.74) is 1.99. The van der Waals surface area contributed by atoms with Crippen molar-refractivity contribution < 1.29 is 2.74 Å². The fourth-order valence-corrected chi connectivity index (χ4v) is 0.440. The number of rotatable bonds is 2. The molecule has 0 spiro atoms. The van der Waals surface area contributed by atoms with Crippen LogP contribution in [-0.2, 0) is 0 Å². The number of allylic oxidation sites excluding steroid dienone is 2. The van der Waals surface area contributed by atoms with E-state index in [9.17, 15) is 0 Å². The van der Waals surface area contributed by atoms with Gasteiger partial charge in [-0.1, -0.05) is 13.8 Å². The molecule has 38 valence electrons. The average Bonchev–Trinajstić information content (AvgIpc) is 1.87. The average molecular weight is 96.0 g/mol. The Morgan fingerprint density at radius 2 is 1.86 bits per heavy atom. The van der Waals surface area contributed by atoms with E-state index in [4.69, 9.17) is 2.74 Å². The molecular weight excluding hydrogens is 82.9 g/mol. The van der Waals surface area contributed by atoms with E-state index in [1.165, 1.54) is 13.1 Å². The molecule has 0 bridgehead atoms. The third kappa shape index (κ3) is 5.54. The first-order valence-electron chi connectivity index (χ1n) is 3.44. The lowest BCUT2D eigenvalue weighted by atomic mass is 9.65. The molecule has 0 aliphatic heterocycles. The monoisotopic (exact) mass is 96.1 g/mol. The van der Waals surface area contributed by atoms with Gasteiger partial charge >= 0.3 is 0 Å². The van der Waals surface area contributed by atoms with Gasteiger partial charge in [-0.3, -0.25) is 0 Å². The molecule has 1 heteroatoms. The summed E-state index contributed by atoms with van der Waals surface area (Å²) in [4.78, 5) is 0. The molecule has 0 unspecified atom stereocenters. The Balaban J connectivity index is 3.75. The van der Waals surface area contributed by atoms with E-state index in [2.05, 4.69) is 0 Å². The minimum absolute atomic E-state index is 0.757. The van der Waals surface area contributed by atoms with Crippen LogP contribution in [0.25, 0.3) is 0 Å². The quantitative estimate of drug-likeness (QED) is 0.457. The van der Waals surface area contributed by atoms with Crippen molar-refractivity contribution in [1.29, 1.82) is 0 Å². The van der Waals surface area contributed by atoms with Gasteiger partial charge in [0.15, 0.2) is 7.28 Å². The fourth-order valence-electron chi connectivity index (χ4n) is 0.440. The summed E-state index contributed by atoms with van der Waals surface area (Å²) < 4.78 is 13.7. The van der Waals surface area contributed by atoms with Crippen molar-refractivity contribution in [3.63, 3.8) is 0 Å². The van der Waals surface area contributed by atoms with Gasteiger partial charge in [-0.15, -0.1) is 24.1 Å². The van der Waals surface area contributed by atoms with Gasteiger partial charge in [0, 0.05) is 0 Å². The third-order valence-corrected chi connectivity index (χ3v) is 0.558. The van der Waals surface area contributed by atoms with Crippen LogP contribution in [0.2, 0.25) is 0 Å². The molecule has 0 aliphatic carbocycles. The van der Waals surface area contributed by atoms with E-state index in [0.29, 0.717) is 0 Å². The third-order valence-electron chi connectivity index (χ3n) is 0.558. The SMILES string of the molecule is [2H]C=C(C)BC(C)=C[2H]. The Morgan fingerprint density at radius 3 is 2.14 bits per heavy atom. The molecule has 0 radical (unpaired) electrons. The molecule has 0 aromatic heterocycles. The van der Waals surface area contributed by atoms with E-state index < -0.39 is 0 Å². The van der Waals surface area contributed by atoms with Crippen LogP contribution >= 0.6 is 0 Å². The lowest BCUT2D eigenvalue weighted by Crippen LogP contribution is -1.90. The normalized spacial score (nSPS) is 18.0. The van der Waals surface area contributed by atoms with Crippen molar-refractivity contribution >= 4 is 7.28 Å². The molecule has 0 saturated carbocycles. The van der Waals surface area contributed by atoms with E-state index in [0.717, 1.165) is 18.2 Å². The molecule has 0 N–H and O–H groups in total. The van der Waals surface area contributed by atoms with Crippen molar-refractivity contribution in [3.8, 4) is 0 Å². The second-order valence-corrected chi connectivity index (χ2v) is 1.87. The maximum absolute atomic E-state index is 6.83. The molecule has 0 amide bonds. The van der Waals surface area contributed by atoms with Crippen LogP contribution in [0.5, 0.6) is 0 Å². The van der Waals surface area contributed by atoms with Crippen molar-refractivity contribution in [2.24, 2.45) is 0 Å². The van der Waals surface area contributed by atoms with Gasteiger partial charge < -0.3 is 0 Å². The Kier molecular flexibility index (Phi) is 1.35. The molecular formula is C6H11B. The highest BCUT2D eigenvalue weighted by atomic mass is 13.6. The summed E-state index contributed by atoms with van der Waals surface area (Å²) in [7, 11) is 0.757.